The van der Waals surface area contributed by atoms with Crippen molar-refractivity contribution in [1.29, 1.82) is 0 Å². The lowest BCUT2D eigenvalue weighted by atomic mass is 9.95. The second kappa shape index (κ2) is 7.04. The quantitative estimate of drug-likeness (QED) is 0.850. The molecule has 0 saturated carbocycles. The molecule has 2 rings (SSSR count). The van der Waals surface area contributed by atoms with E-state index in [-0.39, 0.29) is 18.6 Å². The Bertz CT molecular complexity index is 620. The zero-order chi connectivity index (χ0) is 17.0. The number of hydrogen-bond acceptors (Lipinski definition) is 3. The van der Waals surface area contributed by atoms with Gasteiger partial charge in [-0.3, -0.25) is 4.68 Å². The molecule has 0 aliphatic heterocycles. The highest BCUT2D eigenvalue weighted by atomic mass is 19.4. The summed E-state index contributed by atoms with van der Waals surface area (Å²) in [6.45, 7) is 4.38. The number of rotatable bonds is 6. The Morgan fingerprint density at radius 3 is 2.39 bits per heavy atom. The molecule has 4 nitrogen and oxygen atoms in total. The molecule has 1 aromatic heterocycles. The van der Waals surface area contributed by atoms with E-state index in [9.17, 15) is 13.2 Å². The minimum atomic E-state index is -4.33. The standard InChI is InChI=1S/C16H20F3N3O/c1-11(2)15(21-14-9-20-22(10-14)7-8-23)12-3-5-13(6-4-12)16(17,18)19/h3-6,9-11,15,21,23H,7-8H2,1-2H3. The molecule has 0 fully saturated rings. The Morgan fingerprint density at radius 2 is 1.87 bits per heavy atom. The van der Waals surface area contributed by atoms with Crippen LogP contribution in [0.2, 0.25) is 0 Å². The third-order valence-electron chi connectivity index (χ3n) is 3.55. The van der Waals surface area contributed by atoms with Gasteiger partial charge in [-0.05, 0) is 23.6 Å². The highest BCUT2D eigenvalue weighted by molar-refractivity contribution is 5.42. The second-order valence-electron chi connectivity index (χ2n) is 5.70. The van der Waals surface area contributed by atoms with Crippen molar-refractivity contribution in [3.63, 3.8) is 0 Å². The summed E-state index contributed by atoms with van der Waals surface area (Å²) >= 11 is 0. The fraction of sp³-hybridized carbons (Fsp3) is 0.438. The normalized spacial score (nSPS) is 13.3. The summed E-state index contributed by atoms with van der Waals surface area (Å²) in [5.74, 6) is 0.174. The first-order valence-electron chi connectivity index (χ1n) is 7.38. The van der Waals surface area contributed by atoms with E-state index in [0.717, 1.165) is 23.4 Å². The number of aliphatic hydroxyl groups excluding tert-OH is 1. The zero-order valence-corrected chi connectivity index (χ0v) is 13.0. The largest absolute Gasteiger partial charge is 0.416 e. The Balaban J connectivity index is 2.17. The highest BCUT2D eigenvalue weighted by Crippen LogP contribution is 2.32. The van der Waals surface area contributed by atoms with E-state index in [0.29, 0.717) is 6.54 Å². The van der Waals surface area contributed by atoms with Gasteiger partial charge in [0.15, 0.2) is 0 Å². The molecular weight excluding hydrogens is 307 g/mol. The van der Waals surface area contributed by atoms with Gasteiger partial charge in [0.05, 0.1) is 36.6 Å². The smallest absolute Gasteiger partial charge is 0.394 e. The van der Waals surface area contributed by atoms with Crippen molar-refractivity contribution in [2.75, 3.05) is 11.9 Å². The maximum absolute atomic E-state index is 12.7. The summed E-state index contributed by atoms with van der Waals surface area (Å²) in [5, 5.41) is 16.3. The summed E-state index contributed by atoms with van der Waals surface area (Å²) in [6, 6.07) is 5.06. The van der Waals surface area contributed by atoms with Gasteiger partial charge in [-0.2, -0.15) is 18.3 Å². The average molecular weight is 327 g/mol. The molecule has 1 heterocycles. The van der Waals surface area contributed by atoms with Crippen LogP contribution in [0.4, 0.5) is 18.9 Å². The molecule has 0 radical (unpaired) electrons. The Hall–Kier alpha value is -2.02. The SMILES string of the molecule is CC(C)C(Nc1cnn(CCO)c1)c1ccc(C(F)(F)F)cc1. The molecule has 0 aliphatic rings. The molecule has 0 amide bonds. The lowest BCUT2D eigenvalue weighted by Crippen LogP contribution is -2.17. The molecule has 0 spiro atoms. The van der Waals surface area contributed by atoms with Crippen LogP contribution in [-0.4, -0.2) is 21.5 Å². The molecule has 23 heavy (non-hydrogen) atoms. The van der Waals surface area contributed by atoms with Crippen LogP contribution in [0.15, 0.2) is 36.7 Å². The Morgan fingerprint density at radius 1 is 1.22 bits per heavy atom. The second-order valence-corrected chi connectivity index (χ2v) is 5.70. The summed E-state index contributed by atoms with van der Waals surface area (Å²) in [6.07, 6.45) is -0.935. The van der Waals surface area contributed by atoms with Crippen molar-refractivity contribution in [2.24, 2.45) is 5.92 Å². The minimum Gasteiger partial charge on any atom is -0.394 e. The molecule has 0 bridgehead atoms. The predicted molar refractivity (Wildman–Crippen MR) is 82.0 cm³/mol. The van der Waals surface area contributed by atoms with Crippen LogP contribution in [0.1, 0.15) is 31.0 Å². The van der Waals surface area contributed by atoms with Crippen LogP contribution in [0.3, 0.4) is 0 Å². The van der Waals surface area contributed by atoms with Gasteiger partial charge in [-0.25, -0.2) is 0 Å². The van der Waals surface area contributed by atoms with Crippen LogP contribution < -0.4 is 5.32 Å². The third kappa shape index (κ3) is 4.48. The number of halogens is 3. The van der Waals surface area contributed by atoms with E-state index >= 15 is 0 Å². The van der Waals surface area contributed by atoms with E-state index in [4.69, 9.17) is 5.11 Å². The molecule has 1 unspecified atom stereocenters. The third-order valence-corrected chi connectivity index (χ3v) is 3.55. The fourth-order valence-electron chi connectivity index (χ4n) is 2.36. The predicted octanol–water partition coefficient (Wildman–Crippen LogP) is 3.70. The highest BCUT2D eigenvalue weighted by Gasteiger charge is 2.30. The Labute approximate surface area is 132 Å². The number of alkyl halides is 3. The van der Waals surface area contributed by atoms with Crippen LogP contribution in [0.5, 0.6) is 0 Å². The fourth-order valence-corrected chi connectivity index (χ4v) is 2.36. The van der Waals surface area contributed by atoms with Gasteiger partial charge in [-0.1, -0.05) is 26.0 Å². The monoisotopic (exact) mass is 327 g/mol. The van der Waals surface area contributed by atoms with Crippen molar-refractivity contribution in [3.8, 4) is 0 Å². The lowest BCUT2D eigenvalue weighted by Gasteiger charge is -2.23. The first-order chi connectivity index (χ1) is 10.8. The van der Waals surface area contributed by atoms with Crippen molar-refractivity contribution < 1.29 is 18.3 Å². The summed E-state index contributed by atoms with van der Waals surface area (Å²) < 4.78 is 39.6. The first kappa shape index (κ1) is 17.3. The molecular formula is C16H20F3N3O. The minimum absolute atomic E-state index is 0.00632. The van der Waals surface area contributed by atoms with Crippen LogP contribution in [0, 0.1) is 5.92 Å². The van der Waals surface area contributed by atoms with Gasteiger partial charge in [0.25, 0.3) is 0 Å². The van der Waals surface area contributed by atoms with E-state index in [1.807, 2.05) is 13.8 Å². The maximum Gasteiger partial charge on any atom is 0.416 e. The average Bonchev–Trinajstić information content (AvgIpc) is 2.91. The Kier molecular flexibility index (Phi) is 5.30. The first-order valence-corrected chi connectivity index (χ1v) is 7.38. The van der Waals surface area contributed by atoms with Gasteiger partial charge in [0.1, 0.15) is 0 Å². The van der Waals surface area contributed by atoms with Crippen LogP contribution in [0.25, 0.3) is 0 Å². The topological polar surface area (TPSA) is 50.1 Å². The zero-order valence-electron chi connectivity index (χ0n) is 13.0. The van der Waals surface area contributed by atoms with Gasteiger partial charge in [0.2, 0.25) is 0 Å². The number of benzene rings is 1. The van der Waals surface area contributed by atoms with Crippen molar-refractivity contribution in [2.45, 2.75) is 32.6 Å². The molecule has 0 saturated heterocycles. The number of anilines is 1. The summed E-state index contributed by atoms with van der Waals surface area (Å²) in [5.41, 5.74) is 0.888. The van der Waals surface area contributed by atoms with Crippen molar-refractivity contribution in [1.82, 2.24) is 9.78 Å². The molecule has 7 heteroatoms. The number of aliphatic hydroxyl groups is 1. The van der Waals surface area contributed by atoms with E-state index in [1.165, 1.54) is 12.1 Å². The van der Waals surface area contributed by atoms with Gasteiger partial charge >= 0.3 is 6.18 Å². The molecule has 1 aromatic carbocycles. The summed E-state index contributed by atoms with van der Waals surface area (Å²) in [7, 11) is 0. The number of nitrogens with zero attached hydrogens (tertiary/aromatic N) is 2. The van der Waals surface area contributed by atoms with Gasteiger partial charge < -0.3 is 10.4 Å². The van der Waals surface area contributed by atoms with E-state index in [1.54, 1.807) is 17.1 Å². The number of nitrogens with one attached hydrogen (secondary N) is 1. The van der Waals surface area contributed by atoms with E-state index in [2.05, 4.69) is 10.4 Å². The van der Waals surface area contributed by atoms with Crippen molar-refractivity contribution >= 4 is 5.69 Å². The molecule has 0 aliphatic carbocycles. The lowest BCUT2D eigenvalue weighted by molar-refractivity contribution is -0.137. The van der Waals surface area contributed by atoms with Crippen LogP contribution in [-0.2, 0) is 12.7 Å². The molecule has 126 valence electrons. The van der Waals surface area contributed by atoms with Crippen molar-refractivity contribution in [3.05, 3.63) is 47.8 Å². The molecule has 2 N–H and O–H groups in total. The molecule has 1 atom stereocenters. The molecule has 2 aromatic rings. The number of hydrogen-bond donors (Lipinski definition) is 2. The van der Waals surface area contributed by atoms with Gasteiger partial charge in [-0.15, -0.1) is 0 Å². The van der Waals surface area contributed by atoms with Gasteiger partial charge in [0, 0.05) is 6.20 Å². The summed E-state index contributed by atoms with van der Waals surface area (Å²) in [4.78, 5) is 0. The van der Waals surface area contributed by atoms with Crippen LogP contribution >= 0.6 is 0 Å². The maximum atomic E-state index is 12.7. The van der Waals surface area contributed by atoms with E-state index < -0.39 is 11.7 Å². The number of aromatic nitrogens is 2.